The van der Waals surface area contributed by atoms with Gasteiger partial charge >= 0.3 is 0 Å². The largest absolute Gasteiger partial charge is 0.508 e. The van der Waals surface area contributed by atoms with Crippen molar-refractivity contribution in [2.24, 2.45) is 0 Å². The van der Waals surface area contributed by atoms with Gasteiger partial charge in [-0.15, -0.1) is 11.8 Å². The zero-order valence-electron chi connectivity index (χ0n) is 22.2. The molecule has 0 fully saturated rings. The first kappa shape index (κ1) is 30.5. The van der Waals surface area contributed by atoms with E-state index in [1.807, 2.05) is 0 Å². The second-order valence-corrected chi connectivity index (χ2v) is 10.6. The van der Waals surface area contributed by atoms with Crippen molar-refractivity contribution in [1.29, 1.82) is 0 Å². The summed E-state index contributed by atoms with van der Waals surface area (Å²) in [6, 6.07) is 24.6. The summed E-state index contributed by atoms with van der Waals surface area (Å²) < 4.78 is 5.33. The van der Waals surface area contributed by atoms with Gasteiger partial charge in [0, 0.05) is 32.8 Å². The van der Waals surface area contributed by atoms with Gasteiger partial charge in [-0.05, 0) is 66.7 Å². The minimum Gasteiger partial charge on any atom is -0.508 e. The summed E-state index contributed by atoms with van der Waals surface area (Å²) in [5.74, 6) is -0.948. The van der Waals surface area contributed by atoms with Crippen molar-refractivity contribution >= 4 is 70.1 Å². The Morgan fingerprint density at radius 3 is 2.43 bits per heavy atom. The molecule has 0 aromatic heterocycles. The molecule has 0 saturated carbocycles. The summed E-state index contributed by atoms with van der Waals surface area (Å²) in [5.41, 5.74) is 1.68. The average Bonchev–Trinajstić information content (AvgIpc) is 2.98. The van der Waals surface area contributed by atoms with Crippen LogP contribution in [-0.2, 0) is 9.59 Å². The lowest BCUT2D eigenvalue weighted by atomic mass is 10.1. The van der Waals surface area contributed by atoms with Crippen LogP contribution in [0.2, 0.25) is 10.0 Å². The van der Waals surface area contributed by atoms with Crippen LogP contribution in [0.15, 0.2) is 102 Å². The number of carbonyl (C=O) groups is 3. The zero-order valence-corrected chi connectivity index (χ0v) is 24.5. The van der Waals surface area contributed by atoms with Gasteiger partial charge < -0.3 is 25.8 Å². The molecule has 0 bridgehead atoms. The van der Waals surface area contributed by atoms with Crippen LogP contribution in [0.1, 0.15) is 15.9 Å². The number of hydrogen-bond acceptors (Lipinski definition) is 6. The number of ether oxygens (including phenoxy) is 1. The van der Waals surface area contributed by atoms with E-state index in [1.54, 1.807) is 78.9 Å². The van der Waals surface area contributed by atoms with E-state index in [1.165, 1.54) is 37.1 Å². The molecule has 11 heteroatoms. The highest BCUT2D eigenvalue weighted by Crippen LogP contribution is 2.28. The number of aromatic hydroxyl groups is 1. The minimum atomic E-state index is -0.591. The van der Waals surface area contributed by atoms with E-state index >= 15 is 0 Å². The van der Waals surface area contributed by atoms with Crippen LogP contribution >= 0.6 is 35.0 Å². The molecule has 0 aliphatic carbocycles. The van der Waals surface area contributed by atoms with E-state index in [4.69, 9.17) is 27.9 Å². The number of thioether (sulfide) groups is 1. The Labute approximate surface area is 256 Å². The third kappa shape index (κ3) is 8.53. The van der Waals surface area contributed by atoms with Crippen LogP contribution in [0.25, 0.3) is 6.08 Å². The van der Waals surface area contributed by atoms with Crippen molar-refractivity contribution in [1.82, 2.24) is 5.32 Å². The molecule has 0 aliphatic rings. The molecule has 0 aliphatic heterocycles. The lowest BCUT2D eigenvalue weighted by Gasteiger charge is -2.13. The smallest absolute Gasteiger partial charge is 0.272 e. The monoisotopic (exact) mass is 621 g/mol. The predicted molar refractivity (Wildman–Crippen MR) is 167 cm³/mol. The Morgan fingerprint density at radius 1 is 0.905 bits per heavy atom. The number of carbonyl (C=O) groups excluding carboxylic acids is 3. The summed E-state index contributed by atoms with van der Waals surface area (Å²) in [6.07, 6.45) is 1.46. The lowest BCUT2D eigenvalue weighted by Crippen LogP contribution is -2.30. The molecule has 4 rings (SSSR count). The summed E-state index contributed by atoms with van der Waals surface area (Å²) in [6.45, 7) is 0. The maximum atomic E-state index is 13.4. The average molecular weight is 623 g/mol. The third-order valence-electron chi connectivity index (χ3n) is 5.71. The van der Waals surface area contributed by atoms with Crippen LogP contribution < -0.4 is 20.7 Å². The Morgan fingerprint density at radius 2 is 1.69 bits per heavy atom. The van der Waals surface area contributed by atoms with Gasteiger partial charge in [0.2, 0.25) is 5.91 Å². The first-order chi connectivity index (χ1) is 20.2. The number of halogens is 2. The van der Waals surface area contributed by atoms with Crippen molar-refractivity contribution in [2.75, 3.05) is 23.5 Å². The minimum absolute atomic E-state index is 0.0115. The van der Waals surface area contributed by atoms with E-state index in [9.17, 15) is 19.5 Å². The van der Waals surface area contributed by atoms with Gasteiger partial charge in [0.25, 0.3) is 11.8 Å². The molecule has 214 valence electrons. The van der Waals surface area contributed by atoms with E-state index in [2.05, 4.69) is 16.0 Å². The first-order valence-electron chi connectivity index (χ1n) is 12.5. The summed E-state index contributed by atoms with van der Waals surface area (Å²) in [5, 5.41) is 18.8. The molecule has 42 heavy (non-hydrogen) atoms. The second-order valence-electron chi connectivity index (χ2n) is 8.75. The number of benzene rings is 4. The maximum absolute atomic E-state index is 13.4. The molecular formula is C31H25Cl2N3O5S. The van der Waals surface area contributed by atoms with Gasteiger partial charge in [-0.1, -0.05) is 47.5 Å². The normalized spacial score (nSPS) is 11.0. The maximum Gasteiger partial charge on any atom is 0.272 e. The Bertz CT molecular complexity index is 1650. The standard InChI is InChI=1S/C31H25Cl2N3O5S/c1-41-28-17-23(37)12-10-20(28)14-27(36-30(39)19-6-3-2-4-7-19)31(40)34-22-8-5-9-24(16-22)42-18-29(38)35-26-13-11-21(32)15-25(26)33/h2-17,37H,18H2,1H3,(H,34,40)(H,35,38)(H,36,39)/b27-14+. The van der Waals surface area contributed by atoms with Crippen molar-refractivity contribution in [3.05, 3.63) is 118 Å². The third-order valence-corrected chi connectivity index (χ3v) is 7.25. The summed E-state index contributed by atoms with van der Waals surface area (Å²) >= 11 is 13.3. The van der Waals surface area contributed by atoms with E-state index in [-0.39, 0.29) is 23.1 Å². The van der Waals surface area contributed by atoms with E-state index < -0.39 is 11.8 Å². The van der Waals surface area contributed by atoms with Crippen LogP contribution in [0.5, 0.6) is 11.5 Å². The fourth-order valence-electron chi connectivity index (χ4n) is 3.71. The Balaban J connectivity index is 1.49. The highest BCUT2D eigenvalue weighted by molar-refractivity contribution is 8.00. The number of phenolic OH excluding ortho intramolecular Hbond substituents is 1. The molecular weight excluding hydrogens is 597 g/mol. The first-order valence-corrected chi connectivity index (χ1v) is 14.2. The van der Waals surface area contributed by atoms with Gasteiger partial charge in [0.15, 0.2) is 0 Å². The molecule has 0 heterocycles. The van der Waals surface area contributed by atoms with E-state index in [0.717, 1.165) is 4.90 Å². The van der Waals surface area contributed by atoms with Crippen molar-refractivity contribution < 1.29 is 24.2 Å². The molecule has 0 saturated heterocycles. The van der Waals surface area contributed by atoms with Gasteiger partial charge in [-0.3, -0.25) is 14.4 Å². The van der Waals surface area contributed by atoms with Gasteiger partial charge in [-0.2, -0.15) is 0 Å². The topological polar surface area (TPSA) is 117 Å². The van der Waals surface area contributed by atoms with Gasteiger partial charge in [0.05, 0.1) is 23.6 Å². The molecule has 0 spiro atoms. The fourth-order valence-corrected chi connectivity index (χ4v) is 4.92. The summed E-state index contributed by atoms with van der Waals surface area (Å²) in [7, 11) is 1.43. The number of rotatable bonds is 10. The highest BCUT2D eigenvalue weighted by Gasteiger charge is 2.17. The molecule has 4 aromatic carbocycles. The van der Waals surface area contributed by atoms with Crippen LogP contribution in [-0.4, -0.2) is 35.7 Å². The quantitative estimate of drug-likeness (QED) is 0.114. The number of anilines is 2. The Hall–Kier alpha value is -4.44. The Kier molecular flexibility index (Phi) is 10.5. The van der Waals surface area contributed by atoms with Crippen LogP contribution in [0.4, 0.5) is 11.4 Å². The number of amides is 3. The number of hydrogen-bond donors (Lipinski definition) is 4. The number of phenols is 1. The second kappa shape index (κ2) is 14.5. The molecule has 3 amide bonds. The highest BCUT2D eigenvalue weighted by atomic mass is 35.5. The molecule has 8 nitrogen and oxygen atoms in total. The SMILES string of the molecule is COc1cc(O)ccc1/C=C(/NC(=O)c1ccccc1)C(=O)Nc1cccc(SCC(=O)Nc2ccc(Cl)cc2Cl)c1. The van der Waals surface area contributed by atoms with Crippen molar-refractivity contribution in [2.45, 2.75) is 4.90 Å². The molecule has 4 aromatic rings. The summed E-state index contributed by atoms with van der Waals surface area (Å²) in [4.78, 5) is 39.5. The van der Waals surface area contributed by atoms with Crippen molar-refractivity contribution in [3.63, 3.8) is 0 Å². The molecule has 0 atom stereocenters. The van der Waals surface area contributed by atoms with Gasteiger partial charge in [0.1, 0.15) is 17.2 Å². The lowest BCUT2D eigenvalue weighted by molar-refractivity contribution is -0.114. The fraction of sp³-hybridized carbons (Fsp3) is 0.0645. The van der Waals surface area contributed by atoms with E-state index in [0.29, 0.717) is 38.3 Å². The number of methoxy groups -OCH3 is 1. The van der Waals surface area contributed by atoms with Crippen LogP contribution in [0, 0.1) is 0 Å². The predicted octanol–water partition coefficient (Wildman–Crippen LogP) is 6.85. The van der Waals surface area contributed by atoms with Crippen LogP contribution in [0.3, 0.4) is 0 Å². The molecule has 0 unspecified atom stereocenters. The zero-order chi connectivity index (χ0) is 30.1. The molecule has 0 radical (unpaired) electrons. The van der Waals surface area contributed by atoms with Gasteiger partial charge in [-0.25, -0.2) is 0 Å². The number of nitrogens with one attached hydrogen (secondary N) is 3. The van der Waals surface area contributed by atoms with Crippen molar-refractivity contribution in [3.8, 4) is 11.5 Å². The molecule has 4 N–H and O–H groups in total.